The van der Waals surface area contributed by atoms with Crippen LogP contribution < -0.4 is 14.8 Å². The van der Waals surface area contributed by atoms with E-state index in [0.29, 0.717) is 35.0 Å². The number of ether oxygens (including phenoxy) is 3. The summed E-state index contributed by atoms with van der Waals surface area (Å²) in [7, 11) is 4.58. The van der Waals surface area contributed by atoms with Gasteiger partial charge in [0.25, 0.3) is 0 Å². The van der Waals surface area contributed by atoms with Gasteiger partial charge in [0, 0.05) is 35.0 Å². The minimum Gasteiger partial charge on any atom is -0.497 e. The van der Waals surface area contributed by atoms with Crippen molar-refractivity contribution in [1.82, 2.24) is 4.90 Å². The number of thiophene rings is 1. The van der Waals surface area contributed by atoms with E-state index in [9.17, 15) is 14.7 Å². The number of aliphatic hydroxyl groups is 1. The number of esters is 1. The topological polar surface area (TPSA) is 97.3 Å². The number of rotatable bonds is 7. The fourth-order valence-electron chi connectivity index (χ4n) is 5.81. The van der Waals surface area contributed by atoms with E-state index in [1.54, 1.807) is 14.2 Å². The van der Waals surface area contributed by atoms with Gasteiger partial charge in [-0.2, -0.15) is 0 Å². The van der Waals surface area contributed by atoms with E-state index >= 15 is 0 Å². The number of piperidine rings is 1. The number of hydrogen-bond donors (Lipinski definition) is 2. The zero-order valence-electron chi connectivity index (χ0n) is 21.7. The number of nitrogens with one attached hydrogen (secondary N) is 1. The summed E-state index contributed by atoms with van der Waals surface area (Å²) >= 11 is 1.37. The number of methoxy groups -OCH3 is 3. The molecular formula is C27H36N2O6S. The smallest absolute Gasteiger partial charge is 0.341 e. The monoisotopic (exact) mass is 516 g/mol. The van der Waals surface area contributed by atoms with Crippen molar-refractivity contribution in [3.63, 3.8) is 0 Å². The summed E-state index contributed by atoms with van der Waals surface area (Å²) in [6.07, 6.45) is 4.31. The zero-order valence-corrected chi connectivity index (χ0v) is 22.5. The molecule has 1 aromatic heterocycles. The average molecular weight is 517 g/mol. The molecule has 1 amide bonds. The molecule has 1 saturated carbocycles. The maximum atomic E-state index is 13.3. The number of carbonyl (C=O) groups is 2. The summed E-state index contributed by atoms with van der Waals surface area (Å²) in [4.78, 5) is 28.8. The van der Waals surface area contributed by atoms with E-state index in [-0.39, 0.29) is 24.4 Å². The summed E-state index contributed by atoms with van der Waals surface area (Å²) in [6, 6.07) is 5.54. The number of aryl methyl sites for hydroxylation is 1. The summed E-state index contributed by atoms with van der Waals surface area (Å²) in [6.45, 7) is 4.48. The Morgan fingerprint density at radius 3 is 2.64 bits per heavy atom. The van der Waals surface area contributed by atoms with Crippen molar-refractivity contribution in [1.29, 1.82) is 0 Å². The molecule has 2 aliphatic rings. The lowest BCUT2D eigenvalue weighted by atomic mass is 9.66. The Morgan fingerprint density at radius 2 is 1.94 bits per heavy atom. The average Bonchev–Trinajstić information content (AvgIpc) is 3.15. The Kier molecular flexibility index (Phi) is 7.92. The fraction of sp³-hybridized carbons (Fsp3) is 0.556. The molecular weight excluding hydrogens is 480 g/mol. The second-order valence-corrected chi connectivity index (χ2v) is 11.0. The second-order valence-electron chi connectivity index (χ2n) is 9.76. The summed E-state index contributed by atoms with van der Waals surface area (Å²) in [5.41, 5.74) is 1.39. The standard InChI is InChI=1S/C27H36N2O6S/c1-16-17(2)36-25(23(16)26(31)35-5)28-22(30)15-29-13-12-27(32)11-7-6-8-20(27)24(29)19-10-9-18(33-3)14-21(19)34-4/h9-10,14,20,24,32H,6-8,11-13,15H2,1-5H3,(H,28,30)/t20-,24+,27-/m1/s1. The number of anilines is 1. The normalized spacial score (nSPS) is 24.1. The molecule has 36 heavy (non-hydrogen) atoms. The van der Waals surface area contributed by atoms with Crippen LogP contribution in [0.5, 0.6) is 11.5 Å². The van der Waals surface area contributed by atoms with E-state index in [1.165, 1.54) is 18.4 Å². The van der Waals surface area contributed by atoms with Crippen LogP contribution >= 0.6 is 11.3 Å². The van der Waals surface area contributed by atoms with Gasteiger partial charge in [0.05, 0.1) is 39.0 Å². The molecule has 1 aliphatic heterocycles. The number of carbonyl (C=O) groups excluding carboxylic acids is 2. The van der Waals surface area contributed by atoms with Crippen molar-refractivity contribution in [2.75, 3.05) is 39.7 Å². The molecule has 0 unspecified atom stereocenters. The van der Waals surface area contributed by atoms with Gasteiger partial charge in [0.15, 0.2) is 0 Å². The number of fused-ring (bicyclic) bond motifs is 1. The van der Waals surface area contributed by atoms with E-state index in [0.717, 1.165) is 41.7 Å². The predicted octanol–water partition coefficient (Wildman–Crippen LogP) is 4.48. The van der Waals surface area contributed by atoms with Gasteiger partial charge in [0.1, 0.15) is 16.5 Å². The Bertz CT molecular complexity index is 1130. The molecule has 0 radical (unpaired) electrons. The molecule has 2 heterocycles. The maximum Gasteiger partial charge on any atom is 0.341 e. The van der Waals surface area contributed by atoms with E-state index in [1.807, 2.05) is 32.0 Å². The molecule has 1 aromatic carbocycles. The first-order valence-corrected chi connectivity index (χ1v) is 13.2. The highest BCUT2D eigenvalue weighted by Gasteiger charge is 2.50. The van der Waals surface area contributed by atoms with Gasteiger partial charge in [-0.05, 0) is 44.7 Å². The van der Waals surface area contributed by atoms with Crippen molar-refractivity contribution < 1.29 is 28.9 Å². The van der Waals surface area contributed by atoms with E-state index in [4.69, 9.17) is 14.2 Å². The second kappa shape index (κ2) is 10.8. The van der Waals surface area contributed by atoms with Crippen LogP contribution in [0.2, 0.25) is 0 Å². The van der Waals surface area contributed by atoms with Gasteiger partial charge < -0.3 is 24.6 Å². The molecule has 196 valence electrons. The molecule has 2 fully saturated rings. The van der Waals surface area contributed by atoms with Crippen LogP contribution in [0.1, 0.15) is 64.5 Å². The first kappa shape index (κ1) is 26.4. The predicted molar refractivity (Wildman–Crippen MR) is 139 cm³/mol. The van der Waals surface area contributed by atoms with Gasteiger partial charge in [-0.3, -0.25) is 9.69 Å². The number of nitrogens with zero attached hydrogens (tertiary/aromatic N) is 1. The molecule has 1 aliphatic carbocycles. The van der Waals surface area contributed by atoms with Crippen LogP contribution in [0.4, 0.5) is 5.00 Å². The minimum atomic E-state index is -0.763. The Hall–Kier alpha value is -2.62. The van der Waals surface area contributed by atoms with Crippen LogP contribution in [0.25, 0.3) is 0 Å². The van der Waals surface area contributed by atoms with Crippen molar-refractivity contribution in [3.8, 4) is 11.5 Å². The number of likely N-dealkylation sites (tertiary alicyclic amines) is 1. The molecule has 0 spiro atoms. The molecule has 2 N–H and O–H groups in total. The van der Waals surface area contributed by atoms with Crippen molar-refractivity contribution in [3.05, 3.63) is 39.8 Å². The summed E-state index contributed by atoms with van der Waals surface area (Å²) in [5.74, 6) is 0.677. The lowest BCUT2D eigenvalue weighted by Gasteiger charge is -2.52. The summed E-state index contributed by atoms with van der Waals surface area (Å²) in [5, 5.41) is 15.1. The molecule has 1 saturated heterocycles. The van der Waals surface area contributed by atoms with Gasteiger partial charge in [-0.15, -0.1) is 11.3 Å². The number of hydrogen-bond acceptors (Lipinski definition) is 8. The molecule has 4 rings (SSSR count). The SMILES string of the molecule is COC(=O)c1c(NC(=O)CN2CC[C@]3(O)CCCC[C@@H]3[C@@H]2c2ccc(OC)cc2OC)sc(C)c1C. The quantitative estimate of drug-likeness (QED) is 0.524. The molecule has 3 atom stereocenters. The highest BCUT2D eigenvalue weighted by molar-refractivity contribution is 7.16. The molecule has 9 heteroatoms. The van der Waals surface area contributed by atoms with Crippen molar-refractivity contribution in [2.45, 2.75) is 57.6 Å². The first-order valence-electron chi connectivity index (χ1n) is 12.4. The minimum absolute atomic E-state index is 0.0213. The van der Waals surface area contributed by atoms with Gasteiger partial charge >= 0.3 is 5.97 Å². The van der Waals surface area contributed by atoms with Gasteiger partial charge in [0.2, 0.25) is 5.91 Å². The maximum absolute atomic E-state index is 13.3. The Balaban J connectivity index is 1.65. The highest BCUT2D eigenvalue weighted by Crippen LogP contribution is 2.51. The third-order valence-electron chi connectivity index (χ3n) is 7.81. The van der Waals surface area contributed by atoms with E-state index < -0.39 is 11.6 Å². The lowest BCUT2D eigenvalue weighted by molar-refractivity contribution is -0.135. The summed E-state index contributed by atoms with van der Waals surface area (Å²) < 4.78 is 16.1. The van der Waals surface area contributed by atoms with Crippen LogP contribution in [-0.2, 0) is 9.53 Å². The fourth-order valence-corrected chi connectivity index (χ4v) is 6.87. The Labute approximate surface area is 216 Å². The highest BCUT2D eigenvalue weighted by atomic mass is 32.1. The third kappa shape index (κ3) is 4.96. The number of amides is 1. The number of benzene rings is 1. The molecule has 8 nitrogen and oxygen atoms in total. The van der Waals surface area contributed by atoms with E-state index in [2.05, 4.69) is 10.2 Å². The van der Waals surface area contributed by atoms with Crippen LogP contribution in [0.15, 0.2) is 18.2 Å². The third-order valence-corrected chi connectivity index (χ3v) is 8.93. The van der Waals surface area contributed by atoms with Gasteiger partial charge in [-0.1, -0.05) is 18.9 Å². The molecule has 0 bridgehead atoms. The van der Waals surface area contributed by atoms with Crippen LogP contribution in [0, 0.1) is 19.8 Å². The zero-order chi connectivity index (χ0) is 26.0. The largest absolute Gasteiger partial charge is 0.497 e. The first-order chi connectivity index (χ1) is 17.2. The van der Waals surface area contributed by atoms with Crippen LogP contribution in [0.3, 0.4) is 0 Å². The van der Waals surface area contributed by atoms with Crippen molar-refractivity contribution >= 4 is 28.2 Å². The lowest BCUT2D eigenvalue weighted by Crippen LogP contribution is -2.56. The van der Waals surface area contributed by atoms with Crippen molar-refractivity contribution in [2.24, 2.45) is 5.92 Å². The van der Waals surface area contributed by atoms with Crippen LogP contribution in [-0.4, -0.2) is 61.9 Å². The molecule has 2 aromatic rings. The Morgan fingerprint density at radius 1 is 1.17 bits per heavy atom. The van der Waals surface area contributed by atoms with Gasteiger partial charge in [-0.25, -0.2) is 4.79 Å².